The van der Waals surface area contributed by atoms with Gasteiger partial charge in [-0.3, -0.25) is 9.67 Å². The van der Waals surface area contributed by atoms with Gasteiger partial charge in [-0.1, -0.05) is 6.07 Å². The van der Waals surface area contributed by atoms with E-state index in [9.17, 15) is 0 Å². The number of halogens is 1. The summed E-state index contributed by atoms with van der Waals surface area (Å²) in [7, 11) is 0. The molecule has 5 nitrogen and oxygen atoms in total. The predicted octanol–water partition coefficient (Wildman–Crippen LogP) is 2.40. The Morgan fingerprint density at radius 1 is 1.25 bits per heavy atom. The molecule has 6 heteroatoms. The first-order chi connectivity index (χ1) is 9.81. The van der Waals surface area contributed by atoms with Crippen LogP contribution in [0.25, 0.3) is 22.3 Å². The quantitative estimate of drug-likeness (QED) is 0.784. The van der Waals surface area contributed by atoms with Gasteiger partial charge in [0.2, 0.25) is 0 Å². The summed E-state index contributed by atoms with van der Waals surface area (Å²) in [5.41, 5.74) is 3.62. The first-order valence-electron chi connectivity index (χ1n) is 6.48. The number of benzene rings is 1. The first-order valence-corrected chi connectivity index (χ1v) is 7.27. The maximum Gasteiger partial charge on any atom is 0.104 e. The van der Waals surface area contributed by atoms with Crippen molar-refractivity contribution in [1.82, 2.24) is 25.1 Å². The van der Waals surface area contributed by atoms with Crippen molar-refractivity contribution in [3.63, 3.8) is 0 Å². The minimum absolute atomic E-state index is 0.462. The summed E-state index contributed by atoms with van der Waals surface area (Å²) < 4.78 is 2.96. The lowest BCUT2D eigenvalue weighted by atomic mass is 10.2. The molecular weight excluding hydrogens is 318 g/mol. The Labute approximate surface area is 124 Å². The van der Waals surface area contributed by atoms with Crippen LogP contribution >= 0.6 is 15.9 Å². The molecule has 0 atom stereocenters. The number of nitrogens with zero attached hydrogens (tertiary/aromatic N) is 4. The minimum Gasteiger partial charge on any atom is -0.312 e. The molecule has 0 spiro atoms. The zero-order chi connectivity index (χ0) is 13.5. The van der Waals surface area contributed by atoms with Gasteiger partial charge in [-0.25, -0.2) is 4.98 Å². The van der Waals surface area contributed by atoms with Crippen LogP contribution in [0.5, 0.6) is 0 Å². The highest BCUT2D eigenvalue weighted by molar-refractivity contribution is 9.10. The van der Waals surface area contributed by atoms with Gasteiger partial charge in [-0.15, -0.1) is 0 Å². The summed E-state index contributed by atoms with van der Waals surface area (Å²) in [6.45, 7) is 1.96. The average Bonchev–Trinajstić information content (AvgIpc) is 2.86. The third-order valence-corrected chi connectivity index (χ3v) is 4.19. The highest BCUT2D eigenvalue weighted by atomic mass is 79.9. The molecule has 0 amide bonds. The molecule has 0 unspecified atom stereocenters. The van der Waals surface area contributed by atoms with Gasteiger partial charge in [0.05, 0.1) is 29.6 Å². The second-order valence-corrected chi connectivity index (χ2v) is 5.74. The van der Waals surface area contributed by atoms with Crippen LogP contribution in [0.3, 0.4) is 0 Å². The highest BCUT2D eigenvalue weighted by Gasteiger charge is 2.19. The van der Waals surface area contributed by atoms with Crippen molar-refractivity contribution in [2.45, 2.75) is 6.04 Å². The van der Waals surface area contributed by atoms with E-state index in [1.807, 2.05) is 35.3 Å². The number of aromatic nitrogens is 4. The van der Waals surface area contributed by atoms with Crippen molar-refractivity contribution in [1.29, 1.82) is 0 Å². The number of nitrogens with one attached hydrogen (secondary N) is 1. The van der Waals surface area contributed by atoms with Crippen molar-refractivity contribution in [2.24, 2.45) is 0 Å². The number of fused-ring (bicyclic) bond motifs is 1. The molecule has 1 aliphatic heterocycles. The largest absolute Gasteiger partial charge is 0.312 e. The molecule has 1 saturated heterocycles. The topological polar surface area (TPSA) is 55.6 Å². The van der Waals surface area contributed by atoms with Gasteiger partial charge in [-0.05, 0) is 28.1 Å². The lowest BCUT2D eigenvalue weighted by Gasteiger charge is -2.27. The molecule has 1 N–H and O–H groups in total. The third-order valence-electron chi connectivity index (χ3n) is 3.55. The van der Waals surface area contributed by atoms with E-state index in [0.717, 1.165) is 39.9 Å². The molecule has 0 saturated carbocycles. The van der Waals surface area contributed by atoms with Crippen molar-refractivity contribution in [3.05, 3.63) is 41.3 Å². The Kier molecular flexibility index (Phi) is 2.78. The maximum absolute atomic E-state index is 4.68. The van der Waals surface area contributed by atoms with Crippen LogP contribution in [0.2, 0.25) is 0 Å². The summed E-state index contributed by atoms with van der Waals surface area (Å²) in [6.07, 6.45) is 5.69. The molecule has 4 rings (SSSR count). The predicted molar refractivity (Wildman–Crippen MR) is 80.4 cm³/mol. The molecule has 1 aromatic carbocycles. The van der Waals surface area contributed by atoms with E-state index in [-0.39, 0.29) is 0 Å². The Hall–Kier alpha value is -1.79. The molecule has 0 bridgehead atoms. The van der Waals surface area contributed by atoms with Crippen LogP contribution in [0.4, 0.5) is 0 Å². The maximum atomic E-state index is 4.68. The standard InChI is InChI=1S/C14H12BrN5/c15-11-2-1-3-12-14(11)19-13(7-17-12)9-4-18-20(8-9)10-5-16-6-10/h1-4,7-8,10,16H,5-6H2. The smallest absolute Gasteiger partial charge is 0.104 e. The van der Waals surface area contributed by atoms with Gasteiger partial charge < -0.3 is 5.32 Å². The molecule has 1 aliphatic rings. The van der Waals surface area contributed by atoms with Crippen LogP contribution in [-0.4, -0.2) is 32.8 Å². The molecule has 3 aromatic rings. The van der Waals surface area contributed by atoms with E-state index in [0.29, 0.717) is 6.04 Å². The van der Waals surface area contributed by atoms with Crippen molar-refractivity contribution < 1.29 is 0 Å². The van der Waals surface area contributed by atoms with Crippen molar-refractivity contribution >= 4 is 27.0 Å². The first kappa shape index (κ1) is 12.0. The van der Waals surface area contributed by atoms with Crippen LogP contribution in [0.1, 0.15) is 6.04 Å². The van der Waals surface area contributed by atoms with Crippen LogP contribution in [-0.2, 0) is 0 Å². The molecule has 1 fully saturated rings. The van der Waals surface area contributed by atoms with Crippen molar-refractivity contribution in [2.75, 3.05) is 13.1 Å². The number of para-hydroxylation sites is 1. The molecule has 100 valence electrons. The fraction of sp³-hybridized carbons (Fsp3) is 0.214. The van der Waals surface area contributed by atoms with Gasteiger partial charge in [0.15, 0.2) is 0 Å². The number of hydrogen-bond acceptors (Lipinski definition) is 4. The zero-order valence-electron chi connectivity index (χ0n) is 10.6. The van der Waals surface area contributed by atoms with E-state index in [1.54, 1.807) is 6.20 Å². The SMILES string of the molecule is Brc1cccc2ncc(-c3cnn(C4CNC4)c3)nc12. The fourth-order valence-electron chi connectivity index (χ4n) is 2.27. The summed E-state index contributed by atoms with van der Waals surface area (Å²) in [4.78, 5) is 9.15. The zero-order valence-corrected chi connectivity index (χ0v) is 12.2. The fourth-order valence-corrected chi connectivity index (χ4v) is 2.71. The summed E-state index contributed by atoms with van der Waals surface area (Å²) in [5.74, 6) is 0. The van der Waals surface area contributed by atoms with Gasteiger partial charge >= 0.3 is 0 Å². The average molecular weight is 330 g/mol. The minimum atomic E-state index is 0.462. The molecule has 20 heavy (non-hydrogen) atoms. The molecule has 0 radical (unpaired) electrons. The molecular formula is C14H12BrN5. The van der Waals surface area contributed by atoms with E-state index in [2.05, 4.69) is 36.3 Å². The van der Waals surface area contributed by atoms with Crippen molar-refractivity contribution in [3.8, 4) is 11.3 Å². The number of rotatable bonds is 2. The second kappa shape index (κ2) is 4.64. The lowest BCUT2D eigenvalue weighted by Crippen LogP contribution is -2.43. The highest BCUT2D eigenvalue weighted by Crippen LogP contribution is 2.24. The Bertz CT molecular complexity index is 778. The molecule has 2 aromatic heterocycles. The second-order valence-electron chi connectivity index (χ2n) is 4.88. The van der Waals surface area contributed by atoms with E-state index >= 15 is 0 Å². The van der Waals surface area contributed by atoms with Gasteiger partial charge in [0.25, 0.3) is 0 Å². The van der Waals surface area contributed by atoms with Crippen LogP contribution in [0.15, 0.2) is 41.3 Å². The normalized spacial score (nSPS) is 15.4. The third kappa shape index (κ3) is 1.92. The van der Waals surface area contributed by atoms with E-state index in [1.165, 1.54) is 0 Å². The van der Waals surface area contributed by atoms with Gasteiger partial charge in [0.1, 0.15) is 5.52 Å². The Morgan fingerprint density at radius 2 is 2.15 bits per heavy atom. The van der Waals surface area contributed by atoms with Crippen LogP contribution < -0.4 is 5.32 Å². The Morgan fingerprint density at radius 3 is 2.95 bits per heavy atom. The van der Waals surface area contributed by atoms with E-state index < -0.39 is 0 Å². The summed E-state index contributed by atoms with van der Waals surface area (Å²) in [6, 6.07) is 6.36. The molecule has 0 aliphatic carbocycles. The summed E-state index contributed by atoms with van der Waals surface area (Å²) >= 11 is 3.52. The van der Waals surface area contributed by atoms with Crippen LogP contribution in [0, 0.1) is 0 Å². The number of hydrogen-bond donors (Lipinski definition) is 1. The van der Waals surface area contributed by atoms with Gasteiger partial charge in [-0.2, -0.15) is 5.10 Å². The Balaban J connectivity index is 1.77. The molecule has 3 heterocycles. The summed E-state index contributed by atoms with van der Waals surface area (Å²) in [5, 5.41) is 7.66. The monoisotopic (exact) mass is 329 g/mol. The van der Waals surface area contributed by atoms with E-state index in [4.69, 9.17) is 0 Å². The lowest BCUT2D eigenvalue weighted by molar-refractivity contribution is 0.318. The van der Waals surface area contributed by atoms with Gasteiger partial charge in [0, 0.05) is 29.3 Å².